The van der Waals surface area contributed by atoms with E-state index in [1.165, 1.54) is 16.7 Å². The number of phenols is 1. The van der Waals surface area contributed by atoms with Crippen LogP contribution in [0, 0.1) is 0 Å². The molecule has 2 atom stereocenters. The van der Waals surface area contributed by atoms with E-state index in [-0.39, 0.29) is 0 Å². The number of rotatable bonds is 4. The van der Waals surface area contributed by atoms with Crippen LogP contribution in [0.15, 0.2) is 42.5 Å². The van der Waals surface area contributed by atoms with Gasteiger partial charge in [0.05, 0.1) is 0 Å². The van der Waals surface area contributed by atoms with E-state index < -0.39 is 0 Å². The molecule has 2 aromatic carbocycles. The largest absolute Gasteiger partial charge is 0.508 e. The van der Waals surface area contributed by atoms with Crippen molar-refractivity contribution in [3.05, 3.63) is 64.2 Å². The maximum Gasteiger partial charge on any atom is 0.115 e. The number of benzene rings is 2. The molecule has 0 amide bonds. The molecule has 2 nitrogen and oxygen atoms in total. The van der Waals surface area contributed by atoms with E-state index in [0.717, 1.165) is 24.3 Å². The number of aryl methyl sites for hydroxylation is 1. The van der Waals surface area contributed by atoms with Gasteiger partial charge in [-0.15, -0.1) is 0 Å². The molecule has 0 heterocycles. The van der Waals surface area contributed by atoms with Gasteiger partial charge in [-0.3, -0.25) is 0 Å². The van der Waals surface area contributed by atoms with Gasteiger partial charge < -0.3 is 10.4 Å². The molecule has 1 aliphatic rings. The third-order valence-electron chi connectivity index (χ3n) is 4.27. The van der Waals surface area contributed by atoms with E-state index in [9.17, 15) is 5.11 Å². The van der Waals surface area contributed by atoms with Crippen molar-refractivity contribution in [1.82, 2.24) is 5.32 Å². The second kappa shape index (κ2) is 6.08. The third kappa shape index (κ3) is 3.07. The van der Waals surface area contributed by atoms with Crippen LogP contribution in [0.2, 0.25) is 5.02 Å². The number of aromatic hydroxyl groups is 1. The van der Waals surface area contributed by atoms with Crippen LogP contribution in [-0.2, 0) is 6.42 Å². The van der Waals surface area contributed by atoms with Crippen LogP contribution in [0.25, 0.3) is 0 Å². The van der Waals surface area contributed by atoms with E-state index in [1.54, 1.807) is 6.07 Å². The van der Waals surface area contributed by atoms with Gasteiger partial charge >= 0.3 is 0 Å². The maximum atomic E-state index is 9.58. The average molecular weight is 302 g/mol. The molecule has 2 aromatic rings. The SMILES string of the molecule is CCC(NC1CCc2cc(O)ccc21)c1cccc(Cl)c1. The van der Waals surface area contributed by atoms with E-state index >= 15 is 0 Å². The Bertz CT molecular complexity index is 641. The second-order valence-electron chi connectivity index (χ2n) is 5.66. The Morgan fingerprint density at radius 1 is 1.29 bits per heavy atom. The number of halogens is 1. The van der Waals surface area contributed by atoms with E-state index in [0.29, 0.717) is 17.8 Å². The minimum absolute atomic E-state index is 0.299. The molecule has 0 aliphatic heterocycles. The number of phenolic OH excluding ortho intramolecular Hbond substituents is 1. The standard InChI is InChI=1S/C18H20ClNO/c1-2-17(13-4-3-5-14(19)10-13)20-18-9-6-12-11-15(21)7-8-16(12)18/h3-5,7-8,10-11,17-18,20-21H,2,6,9H2,1H3. The van der Waals surface area contributed by atoms with Crippen molar-refractivity contribution in [3.8, 4) is 5.75 Å². The Hall–Kier alpha value is -1.51. The first-order valence-corrected chi connectivity index (χ1v) is 7.88. The Labute approximate surface area is 130 Å². The minimum atomic E-state index is 0.299. The first-order valence-electron chi connectivity index (χ1n) is 7.50. The summed E-state index contributed by atoms with van der Waals surface area (Å²) in [5.74, 6) is 0.358. The third-order valence-corrected chi connectivity index (χ3v) is 4.50. The predicted octanol–water partition coefficient (Wildman–Crippen LogP) is 4.77. The Morgan fingerprint density at radius 3 is 2.90 bits per heavy atom. The predicted molar refractivity (Wildman–Crippen MR) is 86.8 cm³/mol. The minimum Gasteiger partial charge on any atom is -0.508 e. The molecule has 0 saturated heterocycles. The number of nitrogens with one attached hydrogen (secondary N) is 1. The van der Waals surface area contributed by atoms with Gasteiger partial charge in [-0.05, 0) is 60.2 Å². The number of hydrogen-bond acceptors (Lipinski definition) is 2. The zero-order valence-electron chi connectivity index (χ0n) is 12.1. The van der Waals surface area contributed by atoms with Crippen molar-refractivity contribution < 1.29 is 5.11 Å². The van der Waals surface area contributed by atoms with E-state index in [1.807, 2.05) is 30.3 Å². The summed E-state index contributed by atoms with van der Waals surface area (Å²) < 4.78 is 0. The highest BCUT2D eigenvalue weighted by atomic mass is 35.5. The smallest absolute Gasteiger partial charge is 0.115 e. The highest BCUT2D eigenvalue weighted by molar-refractivity contribution is 6.30. The lowest BCUT2D eigenvalue weighted by molar-refractivity contribution is 0.433. The quantitative estimate of drug-likeness (QED) is 0.852. The first kappa shape index (κ1) is 14.4. The lowest BCUT2D eigenvalue weighted by atomic mass is 10.0. The van der Waals surface area contributed by atoms with Crippen LogP contribution in [0.3, 0.4) is 0 Å². The Balaban J connectivity index is 1.80. The van der Waals surface area contributed by atoms with E-state index in [4.69, 9.17) is 11.6 Å². The molecule has 0 fully saturated rings. The van der Waals surface area contributed by atoms with Crippen LogP contribution in [-0.4, -0.2) is 5.11 Å². The molecule has 3 rings (SSSR count). The van der Waals surface area contributed by atoms with Crippen LogP contribution in [0.1, 0.15) is 48.5 Å². The lowest BCUT2D eigenvalue weighted by Crippen LogP contribution is -2.24. The van der Waals surface area contributed by atoms with Crippen molar-refractivity contribution in [2.75, 3.05) is 0 Å². The van der Waals surface area contributed by atoms with Crippen LogP contribution < -0.4 is 5.32 Å². The van der Waals surface area contributed by atoms with Crippen molar-refractivity contribution in [2.24, 2.45) is 0 Å². The molecule has 0 radical (unpaired) electrons. The summed E-state index contributed by atoms with van der Waals surface area (Å²) in [6, 6.07) is 14.4. The second-order valence-corrected chi connectivity index (χ2v) is 6.09. The molecule has 1 aliphatic carbocycles. The van der Waals surface area contributed by atoms with Crippen LogP contribution in [0.4, 0.5) is 0 Å². The zero-order valence-corrected chi connectivity index (χ0v) is 12.9. The average Bonchev–Trinajstić information content (AvgIpc) is 2.86. The summed E-state index contributed by atoms with van der Waals surface area (Å²) in [6.45, 7) is 2.19. The fourth-order valence-electron chi connectivity index (χ4n) is 3.19. The zero-order chi connectivity index (χ0) is 14.8. The fraction of sp³-hybridized carbons (Fsp3) is 0.333. The molecular formula is C18H20ClNO. The van der Waals surface area contributed by atoms with Gasteiger partial charge in [-0.25, -0.2) is 0 Å². The van der Waals surface area contributed by atoms with Crippen LogP contribution >= 0.6 is 11.6 Å². The number of hydrogen-bond donors (Lipinski definition) is 2. The number of fused-ring (bicyclic) bond motifs is 1. The molecule has 2 N–H and O–H groups in total. The fourth-order valence-corrected chi connectivity index (χ4v) is 3.39. The Morgan fingerprint density at radius 2 is 2.14 bits per heavy atom. The lowest BCUT2D eigenvalue weighted by Gasteiger charge is -2.23. The van der Waals surface area contributed by atoms with Gasteiger partial charge in [0.2, 0.25) is 0 Å². The summed E-state index contributed by atoms with van der Waals surface area (Å²) in [7, 11) is 0. The Kier molecular flexibility index (Phi) is 4.18. The summed E-state index contributed by atoms with van der Waals surface area (Å²) in [5, 5.41) is 14.1. The maximum absolute atomic E-state index is 9.58. The normalized spacial score (nSPS) is 18.5. The molecule has 0 spiro atoms. The highest BCUT2D eigenvalue weighted by Gasteiger charge is 2.25. The van der Waals surface area contributed by atoms with Gasteiger partial charge in [0.15, 0.2) is 0 Å². The molecule has 3 heteroatoms. The highest BCUT2D eigenvalue weighted by Crippen LogP contribution is 2.35. The molecule has 2 unspecified atom stereocenters. The van der Waals surface area contributed by atoms with Crippen molar-refractivity contribution in [3.63, 3.8) is 0 Å². The summed E-state index contributed by atoms with van der Waals surface area (Å²) >= 11 is 6.11. The van der Waals surface area contributed by atoms with E-state index in [2.05, 4.69) is 18.3 Å². The van der Waals surface area contributed by atoms with Crippen molar-refractivity contribution >= 4 is 11.6 Å². The monoisotopic (exact) mass is 301 g/mol. The van der Waals surface area contributed by atoms with Crippen LogP contribution in [0.5, 0.6) is 5.75 Å². The van der Waals surface area contributed by atoms with Crippen molar-refractivity contribution in [2.45, 2.75) is 38.3 Å². The van der Waals surface area contributed by atoms with Gasteiger partial charge in [-0.1, -0.05) is 36.7 Å². The molecular weight excluding hydrogens is 282 g/mol. The summed E-state index contributed by atoms with van der Waals surface area (Å²) in [6.07, 6.45) is 3.12. The van der Waals surface area contributed by atoms with Gasteiger partial charge in [0, 0.05) is 17.1 Å². The molecule has 21 heavy (non-hydrogen) atoms. The van der Waals surface area contributed by atoms with Crippen molar-refractivity contribution in [1.29, 1.82) is 0 Å². The summed E-state index contributed by atoms with van der Waals surface area (Å²) in [5.41, 5.74) is 3.80. The van der Waals surface area contributed by atoms with Gasteiger partial charge in [0.25, 0.3) is 0 Å². The summed E-state index contributed by atoms with van der Waals surface area (Å²) in [4.78, 5) is 0. The molecule has 110 valence electrons. The first-order chi connectivity index (χ1) is 10.2. The van der Waals surface area contributed by atoms with Gasteiger partial charge in [-0.2, -0.15) is 0 Å². The molecule has 0 bridgehead atoms. The topological polar surface area (TPSA) is 32.3 Å². The molecule has 0 saturated carbocycles. The molecule has 0 aromatic heterocycles. The van der Waals surface area contributed by atoms with Gasteiger partial charge in [0.1, 0.15) is 5.75 Å².